The highest BCUT2D eigenvalue weighted by Crippen LogP contribution is 2.34. The molecule has 196 valence electrons. The summed E-state index contributed by atoms with van der Waals surface area (Å²) < 4.78 is 24.1. The van der Waals surface area contributed by atoms with Crippen LogP contribution in [-0.4, -0.2) is 33.0 Å². The topological polar surface area (TPSA) is 99.3 Å². The number of pyridine rings is 1. The first-order chi connectivity index (χ1) is 18.2. The summed E-state index contributed by atoms with van der Waals surface area (Å²) in [4.78, 5) is 41.2. The summed E-state index contributed by atoms with van der Waals surface area (Å²) in [6, 6.07) is 11.9. The number of benzene rings is 2. The molecule has 4 aromatic rings. The molecule has 2 aliphatic rings. The second-order valence-corrected chi connectivity index (χ2v) is 10.1. The van der Waals surface area contributed by atoms with Crippen molar-refractivity contribution in [2.24, 2.45) is 7.05 Å². The van der Waals surface area contributed by atoms with Crippen LogP contribution in [0, 0.1) is 19.7 Å². The highest BCUT2D eigenvalue weighted by atomic mass is 19.1. The smallest absolute Gasteiger partial charge is 0.336 e. The van der Waals surface area contributed by atoms with E-state index in [4.69, 9.17) is 4.74 Å². The Morgan fingerprint density at radius 2 is 1.76 bits per heavy atom. The summed E-state index contributed by atoms with van der Waals surface area (Å²) in [5.41, 5.74) is 1.23. The molecule has 0 spiro atoms. The van der Waals surface area contributed by atoms with Crippen LogP contribution in [0.15, 0.2) is 56.8 Å². The fourth-order valence-electron chi connectivity index (χ4n) is 4.99. The minimum atomic E-state index is -0.513. The quantitative estimate of drug-likeness (QED) is 0.406. The fourth-order valence-corrected chi connectivity index (χ4v) is 4.99. The lowest BCUT2D eigenvalue weighted by atomic mass is 10.1. The minimum Gasteiger partial charge on any atom is -0.378 e. The van der Waals surface area contributed by atoms with Crippen molar-refractivity contribution < 1.29 is 9.13 Å². The van der Waals surface area contributed by atoms with Gasteiger partial charge in [0.1, 0.15) is 17.0 Å². The third-order valence-corrected chi connectivity index (χ3v) is 7.25. The molecular weight excluding hydrogens is 489 g/mol. The molecular formula is C28H28FN5O4. The number of hydrogen-bond acceptors (Lipinski definition) is 6. The van der Waals surface area contributed by atoms with Gasteiger partial charge in [0.15, 0.2) is 0 Å². The summed E-state index contributed by atoms with van der Waals surface area (Å²) in [5, 5.41) is 6.52. The number of halogens is 1. The molecule has 0 unspecified atom stereocenters. The Kier molecular flexibility index (Phi) is 5.71. The lowest BCUT2D eigenvalue weighted by molar-refractivity contribution is 0.0211. The molecule has 6 rings (SSSR count). The van der Waals surface area contributed by atoms with Crippen LogP contribution in [0.3, 0.4) is 0 Å². The number of hydrogen-bond donors (Lipinski definition) is 2. The van der Waals surface area contributed by atoms with Gasteiger partial charge in [-0.15, -0.1) is 0 Å². The Morgan fingerprint density at radius 3 is 2.42 bits per heavy atom. The number of nitrogens with zero attached hydrogens (tertiary/aromatic N) is 3. The van der Waals surface area contributed by atoms with E-state index in [1.54, 1.807) is 32.0 Å². The van der Waals surface area contributed by atoms with Crippen molar-refractivity contribution in [2.45, 2.75) is 38.8 Å². The number of rotatable bonds is 6. The van der Waals surface area contributed by atoms with Crippen LogP contribution < -0.4 is 27.4 Å². The van der Waals surface area contributed by atoms with Crippen molar-refractivity contribution in [1.29, 1.82) is 0 Å². The molecule has 2 fully saturated rings. The van der Waals surface area contributed by atoms with E-state index in [2.05, 4.69) is 10.6 Å². The first kappa shape index (κ1) is 24.2. The Hall–Kier alpha value is -4.18. The number of anilines is 3. The SMILES string of the molecule is Cc1ccc(Nc2c3c(=O)n(C4CC4)c(=O)n(-c4cccc(NC5COC5)c4)c3c(C)c(=O)n2C)c(F)c1. The van der Waals surface area contributed by atoms with Gasteiger partial charge in [0, 0.05) is 24.3 Å². The van der Waals surface area contributed by atoms with Crippen LogP contribution in [0.4, 0.5) is 21.6 Å². The normalized spacial score (nSPS) is 15.5. The van der Waals surface area contributed by atoms with Crippen molar-refractivity contribution in [1.82, 2.24) is 13.7 Å². The summed E-state index contributed by atoms with van der Waals surface area (Å²) >= 11 is 0. The molecule has 0 amide bonds. The molecule has 10 heteroatoms. The van der Waals surface area contributed by atoms with Crippen LogP contribution in [0.1, 0.15) is 30.0 Å². The van der Waals surface area contributed by atoms with Gasteiger partial charge < -0.3 is 15.4 Å². The van der Waals surface area contributed by atoms with E-state index < -0.39 is 22.6 Å². The Morgan fingerprint density at radius 1 is 1.00 bits per heavy atom. The summed E-state index contributed by atoms with van der Waals surface area (Å²) in [6.45, 7) is 4.57. The second kappa shape index (κ2) is 8.98. The Bertz CT molecular complexity index is 1780. The molecule has 1 aliphatic heterocycles. The van der Waals surface area contributed by atoms with Gasteiger partial charge in [0.05, 0.1) is 36.1 Å². The van der Waals surface area contributed by atoms with Crippen molar-refractivity contribution in [3.8, 4) is 5.69 Å². The van der Waals surface area contributed by atoms with Crippen molar-refractivity contribution in [3.05, 3.63) is 90.6 Å². The van der Waals surface area contributed by atoms with Gasteiger partial charge in [-0.1, -0.05) is 12.1 Å². The highest BCUT2D eigenvalue weighted by molar-refractivity contribution is 5.93. The van der Waals surface area contributed by atoms with E-state index in [0.29, 0.717) is 31.7 Å². The van der Waals surface area contributed by atoms with E-state index in [1.165, 1.54) is 26.8 Å². The zero-order valence-corrected chi connectivity index (χ0v) is 21.4. The van der Waals surface area contributed by atoms with Gasteiger partial charge in [0.2, 0.25) is 0 Å². The molecule has 2 aromatic carbocycles. The van der Waals surface area contributed by atoms with Gasteiger partial charge in [-0.25, -0.2) is 9.18 Å². The van der Waals surface area contributed by atoms with E-state index in [-0.39, 0.29) is 40.1 Å². The van der Waals surface area contributed by atoms with Gasteiger partial charge in [-0.2, -0.15) is 0 Å². The van der Waals surface area contributed by atoms with Gasteiger partial charge in [-0.05, 0) is 62.6 Å². The molecule has 38 heavy (non-hydrogen) atoms. The predicted molar refractivity (Wildman–Crippen MR) is 145 cm³/mol. The van der Waals surface area contributed by atoms with E-state index >= 15 is 0 Å². The van der Waals surface area contributed by atoms with Crippen LogP contribution in [-0.2, 0) is 11.8 Å². The van der Waals surface area contributed by atoms with E-state index in [9.17, 15) is 18.8 Å². The number of aromatic nitrogens is 3. The summed E-state index contributed by atoms with van der Waals surface area (Å²) in [6.07, 6.45) is 1.42. The number of ether oxygens (including phenoxy) is 1. The van der Waals surface area contributed by atoms with Crippen LogP contribution in [0.5, 0.6) is 0 Å². The lowest BCUT2D eigenvalue weighted by Crippen LogP contribution is -2.41. The standard InChI is InChI=1S/C28H28FN5O4/c1-15-7-10-22(21(29)11-15)31-25-23-24(16(2)26(35)32(25)3)33(28(37)34(27(23)36)19-8-9-19)20-6-4-5-17(12-20)30-18-13-38-14-18/h4-7,10-12,18-19,30-31H,8-9,13-14H2,1-3H3. The average Bonchev–Trinajstić information content (AvgIpc) is 3.69. The number of nitrogens with one attached hydrogen (secondary N) is 2. The van der Waals surface area contributed by atoms with Crippen LogP contribution in [0.2, 0.25) is 0 Å². The van der Waals surface area contributed by atoms with Gasteiger partial charge in [-0.3, -0.25) is 23.3 Å². The maximum absolute atomic E-state index is 14.9. The van der Waals surface area contributed by atoms with Gasteiger partial charge in [0.25, 0.3) is 11.1 Å². The third-order valence-electron chi connectivity index (χ3n) is 7.25. The van der Waals surface area contributed by atoms with Crippen LogP contribution >= 0.6 is 0 Å². The van der Waals surface area contributed by atoms with Crippen molar-refractivity contribution >= 4 is 28.1 Å². The summed E-state index contributed by atoms with van der Waals surface area (Å²) in [5.74, 6) is -0.381. The first-order valence-electron chi connectivity index (χ1n) is 12.6. The third kappa shape index (κ3) is 3.92. The van der Waals surface area contributed by atoms with Gasteiger partial charge >= 0.3 is 5.69 Å². The molecule has 0 atom stereocenters. The van der Waals surface area contributed by atoms with Crippen molar-refractivity contribution in [2.75, 3.05) is 23.8 Å². The molecule has 1 saturated carbocycles. The van der Waals surface area contributed by atoms with E-state index in [0.717, 1.165) is 11.3 Å². The average molecular weight is 518 g/mol. The van der Waals surface area contributed by atoms with Crippen LogP contribution in [0.25, 0.3) is 16.6 Å². The largest absolute Gasteiger partial charge is 0.378 e. The molecule has 0 radical (unpaired) electrons. The number of aryl methyl sites for hydroxylation is 2. The zero-order valence-electron chi connectivity index (χ0n) is 21.4. The molecule has 2 N–H and O–H groups in total. The predicted octanol–water partition coefficient (Wildman–Crippen LogP) is 3.50. The first-order valence-corrected chi connectivity index (χ1v) is 12.6. The molecule has 3 heterocycles. The molecule has 9 nitrogen and oxygen atoms in total. The Balaban J connectivity index is 1.66. The Labute approximate surface area is 217 Å². The highest BCUT2D eigenvalue weighted by Gasteiger charge is 2.31. The molecule has 1 aliphatic carbocycles. The molecule has 2 aromatic heterocycles. The molecule has 0 bridgehead atoms. The maximum Gasteiger partial charge on any atom is 0.336 e. The maximum atomic E-state index is 14.9. The zero-order chi connectivity index (χ0) is 26.7. The van der Waals surface area contributed by atoms with E-state index in [1.807, 2.05) is 18.2 Å². The minimum absolute atomic E-state index is 0.125. The molecule has 1 saturated heterocycles. The summed E-state index contributed by atoms with van der Waals surface area (Å²) in [7, 11) is 1.53. The fraction of sp³-hybridized carbons (Fsp3) is 0.321. The second-order valence-electron chi connectivity index (χ2n) is 10.1. The lowest BCUT2D eigenvalue weighted by Gasteiger charge is -2.28. The van der Waals surface area contributed by atoms with Crippen molar-refractivity contribution in [3.63, 3.8) is 0 Å². The monoisotopic (exact) mass is 517 g/mol. The number of fused-ring (bicyclic) bond motifs is 1.